The molecule has 0 saturated carbocycles. The minimum Gasteiger partial charge on any atom is -0.493 e. The summed E-state index contributed by atoms with van der Waals surface area (Å²) in [4.78, 5) is 1.49. The summed E-state index contributed by atoms with van der Waals surface area (Å²) < 4.78 is 51.1. The summed E-state index contributed by atoms with van der Waals surface area (Å²) in [7, 11) is 3.93. The first-order chi connectivity index (χ1) is 12.2. The van der Waals surface area contributed by atoms with Crippen LogP contribution in [-0.2, 0) is 16.6 Å². The minimum absolute atomic E-state index is 0.115. The average molecular weight is 382 g/mol. The molecule has 6 nitrogen and oxygen atoms in total. The van der Waals surface area contributed by atoms with E-state index < -0.39 is 20.7 Å². The fraction of sp³-hybridized carbons (Fsp3) is 0.333. The van der Waals surface area contributed by atoms with Crippen LogP contribution in [0.15, 0.2) is 41.3 Å². The zero-order valence-corrected chi connectivity index (χ0v) is 16.3. The van der Waals surface area contributed by atoms with Crippen LogP contribution in [0.25, 0.3) is 0 Å². The molecule has 26 heavy (non-hydrogen) atoms. The number of nitrogens with zero attached hydrogens (tertiary/aromatic N) is 2. The van der Waals surface area contributed by atoms with Crippen LogP contribution in [0.1, 0.15) is 5.56 Å². The summed E-state index contributed by atoms with van der Waals surface area (Å²) in [5.41, 5.74) is 1.80. The number of methoxy groups -OCH3 is 2. The maximum Gasteiger partial charge on any atom is 0.246 e. The lowest BCUT2D eigenvalue weighted by molar-refractivity contribution is 0.349. The van der Waals surface area contributed by atoms with E-state index in [9.17, 15) is 12.8 Å². The van der Waals surface area contributed by atoms with Gasteiger partial charge in [0.2, 0.25) is 10.0 Å². The van der Waals surface area contributed by atoms with Gasteiger partial charge in [-0.3, -0.25) is 0 Å². The molecule has 0 fully saturated rings. The lowest BCUT2D eigenvalue weighted by Crippen LogP contribution is -2.27. The Morgan fingerprint density at radius 3 is 2.00 bits per heavy atom. The topological polar surface area (TPSA) is 59.1 Å². The van der Waals surface area contributed by atoms with Gasteiger partial charge < -0.3 is 14.4 Å². The quantitative estimate of drug-likeness (QED) is 0.737. The maximum atomic E-state index is 14.3. The van der Waals surface area contributed by atoms with Gasteiger partial charge in [-0.15, -0.1) is 0 Å². The van der Waals surface area contributed by atoms with Crippen molar-refractivity contribution < 1.29 is 22.3 Å². The van der Waals surface area contributed by atoms with Crippen LogP contribution in [0.4, 0.5) is 10.1 Å². The fourth-order valence-electron chi connectivity index (χ4n) is 2.44. The van der Waals surface area contributed by atoms with Gasteiger partial charge in [0.05, 0.1) is 14.2 Å². The Hall–Kier alpha value is -2.32. The normalized spacial score (nSPS) is 11.5. The number of ether oxygens (including phenoxy) is 2. The van der Waals surface area contributed by atoms with E-state index in [0.29, 0.717) is 0 Å². The smallest absolute Gasteiger partial charge is 0.246 e. The second-order valence-electron chi connectivity index (χ2n) is 5.96. The Bertz CT molecular complexity index is 868. The van der Waals surface area contributed by atoms with Gasteiger partial charge in [-0.25, -0.2) is 12.8 Å². The van der Waals surface area contributed by atoms with Crippen molar-refractivity contribution in [3.63, 3.8) is 0 Å². The first kappa shape index (κ1) is 20.0. The van der Waals surface area contributed by atoms with E-state index in [4.69, 9.17) is 9.47 Å². The van der Waals surface area contributed by atoms with Crippen molar-refractivity contribution in [2.75, 3.05) is 40.3 Å². The molecule has 2 rings (SSSR count). The van der Waals surface area contributed by atoms with E-state index in [2.05, 4.69) is 0 Å². The molecule has 0 saturated heterocycles. The number of hydrogen-bond donors (Lipinski definition) is 0. The Kier molecular flexibility index (Phi) is 6.09. The van der Waals surface area contributed by atoms with Crippen molar-refractivity contribution in [3.05, 3.63) is 47.8 Å². The highest BCUT2D eigenvalue weighted by Crippen LogP contribution is 2.33. The first-order valence-corrected chi connectivity index (χ1v) is 9.28. The average Bonchev–Trinajstić information content (AvgIpc) is 2.61. The van der Waals surface area contributed by atoms with E-state index in [0.717, 1.165) is 27.7 Å². The van der Waals surface area contributed by atoms with Gasteiger partial charge in [0.1, 0.15) is 10.7 Å². The predicted molar refractivity (Wildman–Crippen MR) is 98.9 cm³/mol. The van der Waals surface area contributed by atoms with Crippen molar-refractivity contribution >= 4 is 15.7 Å². The molecule has 142 valence electrons. The second kappa shape index (κ2) is 7.92. The number of sulfonamides is 1. The Morgan fingerprint density at radius 2 is 1.50 bits per heavy atom. The van der Waals surface area contributed by atoms with Gasteiger partial charge in [-0.1, -0.05) is 12.1 Å². The molecule has 0 amide bonds. The number of hydrogen-bond acceptors (Lipinski definition) is 5. The lowest BCUT2D eigenvalue weighted by Gasteiger charge is -2.19. The second-order valence-corrected chi connectivity index (χ2v) is 7.97. The van der Waals surface area contributed by atoms with Crippen molar-refractivity contribution in [2.45, 2.75) is 11.4 Å². The molecule has 0 aromatic heterocycles. The molecule has 0 unspecified atom stereocenters. The molecule has 0 N–H and O–H groups in total. The summed E-state index contributed by atoms with van der Waals surface area (Å²) in [5, 5.41) is 0. The van der Waals surface area contributed by atoms with Crippen LogP contribution >= 0.6 is 0 Å². The van der Waals surface area contributed by atoms with E-state index >= 15 is 0 Å². The van der Waals surface area contributed by atoms with E-state index in [1.165, 1.54) is 21.3 Å². The summed E-state index contributed by atoms with van der Waals surface area (Å²) in [5.74, 6) is -0.612. The van der Waals surface area contributed by atoms with Gasteiger partial charge in [-0.05, 0) is 17.7 Å². The summed E-state index contributed by atoms with van der Waals surface area (Å²) in [6, 6.07) is 9.61. The lowest BCUT2D eigenvalue weighted by atomic mass is 10.2. The highest BCUT2D eigenvalue weighted by Gasteiger charge is 2.27. The molecule has 0 heterocycles. The monoisotopic (exact) mass is 382 g/mol. The molecule has 0 aliphatic rings. The van der Waals surface area contributed by atoms with Crippen LogP contribution in [0.3, 0.4) is 0 Å². The van der Waals surface area contributed by atoms with Crippen LogP contribution < -0.4 is 14.4 Å². The van der Waals surface area contributed by atoms with Crippen molar-refractivity contribution in [3.8, 4) is 11.5 Å². The third kappa shape index (κ3) is 4.08. The molecule has 8 heteroatoms. The molecule has 0 atom stereocenters. The SMILES string of the molecule is COc1cc(F)c(S(=O)(=O)N(C)Cc2ccc(N(C)C)cc2)cc1OC. The van der Waals surface area contributed by atoms with E-state index in [1.54, 1.807) is 0 Å². The zero-order chi connectivity index (χ0) is 19.5. The van der Waals surface area contributed by atoms with E-state index in [-0.39, 0.29) is 18.0 Å². The standard InChI is InChI=1S/C18H23FN2O4S/c1-20(2)14-8-6-13(7-9-14)12-21(3)26(22,23)18-11-17(25-5)16(24-4)10-15(18)19/h6-11H,12H2,1-5H3. The zero-order valence-electron chi connectivity index (χ0n) is 15.5. The number of rotatable bonds is 7. The highest BCUT2D eigenvalue weighted by molar-refractivity contribution is 7.89. The molecular weight excluding hydrogens is 359 g/mol. The summed E-state index contributed by atoms with van der Waals surface area (Å²) >= 11 is 0. The summed E-state index contributed by atoms with van der Waals surface area (Å²) in [6.45, 7) is 0.115. The molecule has 0 aliphatic heterocycles. The van der Waals surface area contributed by atoms with Gasteiger partial charge >= 0.3 is 0 Å². The van der Waals surface area contributed by atoms with Gasteiger partial charge in [0.15, 0.2) is 11.5 Å². The molecule has 0 spiro atoms. The van der Waals surface area contributed by atoms with Crippen LogP contribution in [0, 0.1) is 5.82 Å². The third-order valence-corrected chi connectivity index (χ3v) is 5.80. The Balaban J connectivity index is 2.31. The summed E-state index contributed by atoms with van der Waals surface area (Å²) in [6.07, 6.45) is 0. The molecule has 2 aromatic rings. The number of halogens is 1. The van der Waals surface area contributed by atoms with Gasteiger partial charge in [-0.2, -0.15) is 4.31 Å². The van der Waals surface area contributed by atoms with Crippen molar-refractivity contribution in [1.82, 2.24) is 4.31 Å². The van der Waals surface area contributed by atoms with Crippen LogP contribution in [0.5, 0.6) is 11.5 Å². The first-order valence-electron chi connectivity index (χ1n) is 7.84. The molecule has 0 radical (unpaired) electrons. The molecule has 2 aromatic carbocycles. The van der Waals surface area contributed by atoms with Crippen molar-refractivity contribution in [2.24, 2.45) is 0 Å². The van der Waals surface area contributed by atoms with Crippen molar-refractivity contribution in [1.29, 1.82) is 0 Å². The Morgan fingerprint density at radius 1 is 0.962 bits per heavy atom. The maximum absolute atomic E-state index is 14.3. The van der Waals surface area contributed by atoms with Crippen LogP contribution in [0.2, 0.25) is 0 Å². The highest BCUT2D eigenvalue weighted by atomic mass is 32.2. The Labute approximate surface area is 153 Å². The van der Waals surface area contributed by atoms with Gasteiger partial charge in [0.25, 0.3) is 0 Å². The third-order valence-electron chi connectivity index (χ3n) is 3.98. The van der Waals surface area contributed by atoms with Gasteiger partial charge in [0, 0.05) is 45.5 Å². The number of anilines is 1. The molecule has 0 bridgehead atoms. The predicted octanol–water partition coefficient (Wildman–Crippen LogP) is 2.73. The van der Waals surface area contributed by atoms with E-state index in [1.807, 2.05) is 43.3 Å². The molecular formula is C18H23FN2O4S. The molecule has 0 aliphatic carbocycles. The minimum atomic E-state index is -4.04. The van der Waals surface area contributed by atoms with Crippen LogP contribution in [-0.4, -0.2) is 48.1 Å². The largest absolute Gasteiger partial charge is 0.493 e. The fourth-order valence-corrected chi connectivity index (χ4v) is 3.66. The number of benzene rings is 2.